The van der Waals surface area contributed by atoms with Crippen LogP contribution in [0.5, 0.6) is 0 Å². The summed E-state index contributed by atoms with van der Waals surface area (Å²) in [5.74, 6) is 0.0197. The van der Waals surface area contributed by atoms with Crippen molar-refractivity contribution in [2.24, 2.45) is 0 Å². The lowest BCUT2D eigenvalue weighted by Crippen LogP contribution is -2.46. The molecule has 0 atom stereocenters. The molecule has 2 N–H and O–H groups in total. The number of nitrogens with one attached hydrogen (secondary N) is 2. The Morgan fingerprint density at radius 2 is 2.04 bits per heavy atom. The predicted molar refractivity (Wildman–Crippen MR) is 87.1 cm³/mol. The summed E-state index contributed by atoms with van der Waals surface area (Å²) in [6, 6.07) is 8.08. The average Bonchev–Trinajstić information content (AvgIpc) is 2.98. The highest BCUT2D eigenvalue weighted by Crippen LogP contribution is 2.18. The third kappa shape index (κ3) is 3.47. The van der Waals surface area contributed by atoms with Gasteiger partial charge in [0.1, 0.15) is 0 Å². The van der Waals surface area contributed by atoms with Crippen LogP contribution in [0.1, 0.15) is 18.4 Å². The zero-order chi connectivity index (χ0) is 16.2. The third-order valence-electron chi connectivity index (χ3n) is 4.32. The highest BCUT2D eigenvalue weighted by Gasteiger charge is 2.24. The Balaban J connectivity index is 1.53. The molecule has 0 aliphatic carbocycles. The number of rotatable bonds is 3. The molecule has 1 aliphatic rings. The van der Waals surface area contributed by atoms with E-state index in [2.05, 4.69) is 10.3 Å². The first kappa shape index (κ1) is 15.4. The van der Waals surface area contributed by atoms with Gasteiger partial charge in [0, 0.05) is 36.2 Å². The van der Waals surface area contributed by atoms with Gasteiger partial charge >= 0.3 is 6.09 Å². The van der Waals surface area contributed by atoms with Crippen LogP contribution in [0.3, 0.4) is 0 Å². The number of carbonyl (C=O) groups excluding carboxylic acids is 2. The third-order valence-corrected chi connectivity index (χ3v) is 4.32. The van der Waals surface area contributed by atoms with Gasteiger partial charge in [0.2, 0.25) is 5.91 Å². The largest absolute Gasteiger partial charge is 0.453 e. The Labute approximate surface area is 134 Å². The molecule has 6 nitrogen and oxygen atoms in total. The smallest absolute Gasteiger partial charge is 0.409 e. The molecule has 2 aromatic rings. The van der Waals surface area contributed by atoms with Gasteiger partial charge in [-0.1, -0.05) is 18.2 Å². The maximum Gasteiger partial charge on any atom is 0.409 e. The number of likely N-dealkylation sites (tertiary alicyclic amines) is 1. The number of carbonyl (C=O) groups is 2. The second kappa shape index (κ2) is 6.73. The molecule has 0 saturated carbocycles. The molecule has 122 valence electrons. The summed E-state index contributed by atoms with van der Waals surface area (Å²) in [5, 5.41) is 4.15. The summed E-state index contributed by atoms with van der Waals surface area (Å²) >= 11 is 0. The van der Waals surface area contributed by atoms with Crippen molar-refractivity contribution in [2.75, 3.05) is 20.2 Å². The Kier molecular flexibility index (Phi) is 4.50. The molecular formula is C17H21N3O3. The molecule has 3 rings (SSSR count). The number of para-hydroxylation sites is 1. The highest BCUT2D eigenvalue weighted by molar-refractivity contribution is 5.88. The number of hydrogen-bond acceptors (Lipinski definition) is 3. The van der Waals surface area contributed by atoms with E-state index in [1.807, 2.05) is 30.5 Å². The van der Waals surface area contributed by atoms with E-state index in [1.165, 1.54) is 7.11 Å². The molecule has 1 saturated heterocycles. The first-order valence-electron chi connectivity index (χ1n) is 7.84. The normalized spacial score (nSPS) is 15.6. The quantitative estimate of drug-likeness (QED) is 0.910. The summed E-state index contributed by atoms with van der Waals surface area (Å²) in [6.45, 7) is 1.23. The van der Waals surface area contributed by atoms with E-state index < -0.39 is 0 Å². The number of piperidine rings is 1. The van der Waals surface area contributed by atoms with Gasteiger partial charge in [0.05, 0.1) is 13.5 Å². The lowest BCUT2D eigenvalue weighted by atomic mass is 10.0. The van der Waals surface area contributed by atoms with E-state index in [0.29, 0.717) is 19.5 Å². The van der Waals surface area contributed by atoms with Gasteiger partial charge in [-0.15, -0.1) is 0 Å². The van der Waals surface area contributed by atoms with Crippen LogP contribution in [0.25, 0.3) is 10.9 Å². The number of H-pyrrole nitrogens is 1. The molecule has 0 radical (unpaired) electrons. The van der Waals surface area contributed by atoms with Crippen LogP contribution in [0, 0.1) is 0 Å². The summed E-state index contributed by atoms with van der Waals surface area (Å²) in [5.41, 5.74) is 2.05. The van der Waals surface area contributed by atoms with Gasteiger partial charge in [-0.25, -0.2) is 4.79 Å². The van der Waals surface area contributed by atoms with Crippen molar-refractivity contribution in [1.29, 1.82) is 0 Å². The summed E-state index contributed by atoms with van der Waals surface area (Å²) < 4.78 is 4.71. The summed E-state index contributed by atoms with van der Waals surface area (Å²) in [4.78, 5) is 28.6. The first-order chi connectivity index (χ1) is 11.2. The van der Waals surface area contributed by atoms with Crippen molar-refractivity contribution in [2.45, 2.75) is 25.3 Å². The van der Waals surface area contributed by atoms with E-state index in [4.69, 9.17) is 4.74 Å². The Hall–Kier alpha value is -2.50. The van der Waals surface area contributed by atoms with Crippen LogP contribution >= 0.6 is 0 Å². The van der Waals surface area contributed by atoms with Gasteiger partial charge in [-0.3, -0.25) is 4.79 Å². The zero-order valence-electron chi connectivity index (χ0n) is 13.2. The van der Waals surface area contributed by atoms with E-state index >= 15 is 0 Å². The molecule has 0 bridgehead atoms. The second-order valence-electron chi connectivity index (χ2n) is 5.84. The average molecular weight is 315 g/mol. The number of hydrogen-bond donors (Lipinski definition) is 2. The van der Waals surface area contributed by atoms with E-state index in [-0.39, 0.29) is 18.0 Å². The van der Waals surface area contributed by atoms with Crippen LogP contribution in [0.2, 0.25) is 0 Å². The number of methoxy groups -OCH3 is 1. The number of ether oxygens (including phenoxy) is 1. The van der Waals surface area contributed by atoms with Crippen molar-refractivity contribution >= 4 is 22.9 Å². The van der Waals surface area contributed by atoms with Crippen LogP contribution in [0.15, 0.2) is 30.5 Å². The van der Waals surface area contributed by atoms with E-state index in [0.717, 1.165) is 29.3 Å². The summed E-state index contributed by atoms with van der Waals surface area (Å²) in [7, 11) is 1.39. The van der Waals surface area contributed by atoms with E-state index in [9.17, 15) is 9.59 Å². The zero-order valence-corrected chi connectivity index (χ0v) is 13.2. The minimum absolute atomic E-state index is 0.0197. The van der Waals surface area contributed by atoms with Gasteiger partial charge < -0.3 is 19.9 Å². The molecule has 1 fully saturated rings. The number of benzene rings is 1. The van der Waals surface area contributed by atoms with Gasteiger partial charge in [-0.05, 0) is 24.5 Å². The molecule has 1 aliphatic heterocycles. The fourth-order valence-electron chi connectivity index (χ4n) is 3.07. The molecule has 2 heterocycles. The Morgan fingerprint density at radius 1 is 1.30 bits per heavy atom. The monoisotopic (exact) mass is 315 g/mol. The van der Waals surface area contributed by atoms with Crippen molar-refractivity contribution in [3.8, 4) is 0 Å². The number of fused-ring (bicyclic) bond motifs is 1. The van der Waals surface area contributed by atoms with Gasteiger partial charge in [0.15, 0.2) is 0 Å². The minimum Gasteiger partial charge on any atom is -0.453 e. The highest BCUT2D eigenvalue weighted by atomic mass is 16.5. The van der Waals surface area contributed by atoms with Gasteiger partial charge in [-0.2, -0.15) is 0 Å². The maximum atomic E-state index is 12.3. The summed E-state index contributed by atoms with van der Waals surface area (Å²) in [6.07, 6.45) is 3.47. The SMILES string of the molecule is COC(=O)N1CCC(NC(=O)Cc2c[nH]c3ccccc23)CC1. The number of amides is 2. The first-order valence-corrected chi connectivity index (χ1v) is 7.84. The fourth-order valence-corrected chi connectivity index (χ4v) is 3.07. The van der Waals surface area contributed by atoms with Crippen molar-refractivity contribution in [3.05, 3.63) is 36.0 Å². The predicted octanol–water partition coefficient (Wildman–Crippen LogP) is 2.06. The maximum absolute atomic E-state index is 12.3. The molecule has 23 heavy (non-hydrogen) atoms. The van der Waals surface area contributed by atoms with Crippen LogP contribution < -0.4 is 5.32 Å². The number of aromatic nitrogens is 1. The lowest BCUT2D eigenvalue weighted by Gasteiger charge is -2.31. The molecule has 6 heteroatoms. The Bertz CT molecular complexity index is 702. The molecular weight excluding hydrogens is 294 g/mol. The standard InChI is InChI=1S/C17H21N3O3/c1-23-17(22)20-8-6-13(7-9-20)19-16(21)10-12-11-18-15-5-3-2-4-14(12)15/h2-5,11,13,18H,6-10H2,1H3,(H,19,21). The van der Waals surface area contributed by atoms with Crippen LogP contribution in [-0.2, 0) is 16.0 Å². The molecule has 1 aromatic carbocycles. The molecule has 0 unspecified atom stereocenters. The van der Waals surface area contributed by atoms with E-state index in [1.54, 1.807) is 4.90 Å². The van der Waals surface area contributed by atoms with Crippen LogP contribution in [-0.4, -0.2) is 48.1 Å². The van der Waals surface area contributed by atoms with Gasteiger partial charge in [0.25, 0.3) is 0 Å². The van der Waals surface area contributed by atoms with Crippen molar-refractivity contribution in [3.63, 3.8) is 0 Å². The second-order valence-corrected chi connectivity index (χ2v) is 5.84. The van der Waals surface area contributed by atoms with Crippen molar-refractivity contribution in [1.82, 2.24) is 15.2 Å². The topological polar surface area (TPSA) is 74.4 Å². The lowest BCUT2D eigenvalue weighted by molar-refractivity contribution is -0.121. The Morgan fingerprint density at radius 3 is 2.78 bits per heavy atom. The molecule has 0 spiro atoms. The number of aromatic amines is 1. The fraction of sp³-hybridized carbons (Fsp3) is 0.412. The molecule has 2 amide bonds. The van der Waals surface area contributed by atoms with Crippen LogP contribution in [0.4, 0.5) is 4.79 Å². The number of nitrogens with zero attached hydrogens (tertiary/aromatic N) is 1. The minimum atomic E-state index is -0.298. The van der Waals surface area contributed by atoms with Crippen molar-refractivity contribution < 1.29 is 14.3 Å². The molecule has 1 aromatic heterocycles.